The number of fused-ring (bicyclic) bond motifs is 1. The maximum atomic E-state index is 12.3. The molecule has 23 heavy (non-hydrogen) atoms. The third-order valence-corrected chi connectivity index (χ3v) is 6.58. The average Bonchev–Trinajstić information content (AvgIpc) is 2.53. The summed E-state index contributed by atoms with van der Waals surface area (Å²) in [5, 5.41) is 8.71. The average molecular weight is 354 g/mol. The van der Waals surface area contributed by atoms with E-state index in [0.29, 0.717) is 11.3 Å². The second kappa shape index (κ2) is 5.66. The Morgan fingerprint density at radius 2 is 2.00 bits per heavy atom. The zero-order chi connectivity index (χ0) is 16.8. The molecule has 1 amide bonds. The van der Waals surface area contributed by atoms with Crippen LogP contribution in [0.15, 0.2) is 46.5 Å². The highest BCUT2D eigenvalue weighted by atomic mass is 32.2. The van der Waals surface area contributed by atoms with Crippen LogP contribution in [0.5, 0.6) is 0 Å². The molecular formula is C14H14N2O5S2. The summed E-state index contributed by atoms with van der Waals surface area (Å²) in [4.78, 5) is 24.8. The van der Waals surface area contributed by atoms with Gasteiger partial charge in [0.2, 0.25) is 15.9 Å². The Bertz CT molecular complexity index is 804. The van der Waals surface area contributed by atoms with E-state index in [1.54, 1.807) is 25.1 Å². The number of rotatable bonds is 4. The van der Waals surface area contributed by atoms with Gasteiger partial charge in [-0.3, -0.25) is 9.69 Å². The van der Waals surface area contributed by atoms with Gasteiger partial charge in [0, 0.05) is 5.75 Å². The van der Waals surface area contributed by atoms with E-state index in [4.69, 9.17) is 0 Å². The third-order valence-electron chi connectivity index (χ3n) is 3.70. The van der Waals surface area contributed by atoms with E-state index >= 15 is 0 Å². The van der Waals surface area contributed by atoms with Gasteiger partial charge in [-0.2, -0.15) is 4.72 Å². The summed E-state index contributed by atoms with van der Waals surface area (Å²) in [6.45, 7) is 1.65. The SMILES string of the molecule is CC1=C(C(=O)O)N2C(=O)[C@@H](NS(=O)(=O)c3ccccc3)[C@H]2SC1. The van der Waals surface area contributed by atoms with Gasteiger partial charge in [-0.25, -0.2) is 13.2 Å². The molecular weight excluding hydrogens is 340 g/mol. The van der Waals surface area contributed by atoms with E-state index in [1.165, 1.54) is 23.9 Å². The van der Waals surface area contributed by atoms with E-state index in [9.17, 15) is 23.1 Å². The van der Waals surface area contributed by atoms with Crippen LogP contribution in [0, 0.1) is 0 Å². The van der Waals surface area contributed by atoms with Crippen molar-refractivity contribution in [2.24, 2.45) is 0 Å². The number of sulfonamides is 1. The van der Waals surface area contributed by atoms with Crippen molar-refractivity contribution in [2.75, 3.05) is 5.75 Å². The first-order valence-electron chi connectivity index (χ1n) is 6.78. The molecule has 0 saturated carbocycles. The van der Waals surface area contributed by atoms with Crippen molar-refractivity contribution in [1.29, 1.82) is 0 Å². The molecule has 0 bridgehead atoms. The summed E-state index contributed by atoms with van der Waals surface area (Å²) in [5.74, 6) is -1.27. The lowest BCUT2D eigenvalue weighted by Crippen LogP contribution is -2.70. The Morgan fingerprint density at radius 3 is 2.61 bits per heavy atom. The van der Waals surface area contributed by atoms with Gasteiger partial charge < -0.3 is 5.11 Å². The van der Waals surface area contributed by atoms with Crippen molar-refractivity contribution < 1.29 is 23.1 Å². The summed E-state index contributed by atoms with van der Waals surface area (Å²) in [6, 6.07) is 6.79. The molecule has 9 heteroatoms. The monoisotopic (exact) mass is 354 g/mol. The molecule has 0 unspecified atom stereocenters. The molecule has 1 aromatic carbocycles. The molecule has 2 atom stereocenters. The molecule has 2 aliphatic heterocycles. The van der Waals surface area contributed by atoms with E-state index in [2.05, 4.69) is 4.72 Å². The maximum Gasteiger partial charge on any atom is 0.352 e. The number of carbonyl (C=O) groups is 2. The molecule has 2 aliphatic rings. The molecule has 122 valence electrons. The lowest BCUT2D eigenvalue weighted by Gasteiger charge is -2.49. The molecule has 0 radical (unpaired) electrons. The van der Waals surface area contributed by atoms with Crippen LogP contribution in [0.4, 0.5) is 0 Å². The zero-order valence-electron chi connectivity index (χ0n) is 12.1. The summed E-state index contributed by atoms with van der Waals surface area (Å²) in [6.07, 6.45) is 0. The Hall–Kier alpha value is -1.84. The van der Waals surface area contributed by atoms with Gasteiger partial charge in [-0.05, 0) is 24.6 Å². The van der Waals surface area contributed by atoms with Crippen molar-refractivity contribution in [3.8, 4) is 0 Å². The number of nitrogens with zero attached hydrogens (tertiary/aromatic N) is 1. The van der Waals surface area contributed by atoms with Crippen LogP contribution in [-0.4, -0.2) is 47.5 Å². The maximum absolute atomic E-state index is 12.3. The van der Waals surface area contributed by atoms with E-state index in [0.717, 1.165) is 4.90 Å². The number of carbonyl (C=O) groups excluding carboxylic acids is 1. The predicted octanol–water partition coefficient (Wildman–Crippen LogP) is 0.607. The molecule has 1 saturated heterocycles. The minimum absolute atomic E-state index is 0.0473. The second-order valence-electron chi connectivity index (χ2n) is 5.26. The van der Waals surface area contributed by atoms with Crippen LogP contribution in [-0.2, 0) is 19.6 Å². The predicted molar refractivity (Wildman–Crippen MR) is 84.0 cm³/mol. The fraction of sp³-hybridized carbons (Fsp3) is 0.286. The van der Waals surface area contributed by atoms with Crippen LogP contribution in [0.25, 0.3) is 0 Å². The van der Waals surface area contributed by atoms with Crippen molar-refractivity contribution >= 4 is 33.7 Å². The largest absolute Gasteiger partial charge is 0.477 e. The number of amides is 1. The molecule has 1 aromatic rings. The Labute approximate surface area is 137 Å². The number of β-lactam (4-membered cyclic amide) rings is 1. The van der Waals surface area contributed by atoms with Crippen LogP contribution >= 0.6 is 11.8 Å². The molecule has 0 spiro atoms. The van der Waals surface area contributed by atoms with Gasteiger partial charge in [-0.15, -0.1) is 11.8 Å². The molecule has 7 nitrogen and oxygen atoms in total. The summed E-state index contributed by atoms with van der Waals surface area (Å²) in [5.41, 5.74) is 0.547. The first kappa shape index (κ1) is 16.0. The van der Waals surface area contributed by atoms with Gasteiger partial charge in [0.15, 0.2) is 0 Å². The Kier molecular flexibility index (Phi) is 3.95. The Balaban J connectivity index is 1.83. The normalized spacial score (nSPS) is 24.2. The smallest absolute Gasteiger partial charge is 0.352 e. The number of hydrogen-bond donors (Lipinski definition) is 2. The molecule has 1 fully saturated rings. The van der Waals surface area contributed by atoms with Crippen LogP contribution in [0.2, 0.25) is 0 Å². The van der Waals surface area contributed by atoms with Gasteiger partial charge in [0.25, 0.3) is 0 Å². The van der Waals surface area contributed by atoms with Gasteiger partial charge in [0.05, 0.1) is 4.90 Å². The van der Waals surface area contributed by atoms with Crippen molar-refractivity contribution in [2.45, 2.75) is 23.2 Å². The molecule has 0 aromatic heterocycles. The van der Waals surface area contributed by atoms with Crippen LogP contribution < -0.4 is 4.72 Å². The number of hydrogen-bond acceptors (Lipinski definition) is 5. The van der Waals surface area contributed by atoms with E-state index in [-0.39, 0.29) is 10.6 Å². The van der Waals surface area contributed by atoms with Crippen molar-refractivity contribution in [3.05, 3.63) is 41.6 Å². The lowest BCUT2D eigenvalue weighted by molar-refractivity contribution is -0.148. The first-order chi connectivity index (χ1) is 10.8. The Morgan fingerprint density at radius 1 is 1.35 bits per heavy atom. The van der Waals surface area contributed by atoms with Crippen LogP contribution in [0.3, 0.4) is 0 Å². The molecule has 2 heterocycles. The molecule has 2 N–H and O–H groups in total. The standard InChI is InChI=1S/C14H14N2O5S2/c1-8-7-22-13-10(12(17)16(13)11(8)14(18)19)15-23(20,21)9-5-3-2-4-6-9/h2-6,10,13,15H,7H2,1H3,(H,18,19)/t10-,13-/m1/s1. The quantitative estimate of drug-likeness (QED) is 0.768. The third kappa shape index (κ3) is 2.64. The molecule has 3 rings (SSSR count). The van der Waals surface area contributed by atoms with Crippen LogP contribution in [0.1, 0.15) is 6.92 Å². The van der Waals surface area contributed by atoms with Gasteiger partial charge in [0.1, 0.15) is 17.1 Å². The lowest BCUT2D eigenvalue weighted by atomic mass is 10.0. The number of nitrogens with one attached hydrogen (secondary N) is 1. The zero-order valence-corrected chi connectivity index (χ0v) is 13.7. The first-order valence-corrected chi connectivity index (χ1v) is 9.31. The van der Waals surface area contributed by atoms with Gasteiger partial charge >= 0.3 is 5.97 Å². The fourth-order valence-corrected chi connectivity index (χ4v) is 5.18. The van der Waals surface area contributed by atoms with Crippen molar-refractivity contribution in [1.82, 2.24) is 9.62 Å². The number of carboxylic acids is 1. The summed E-state index contributed by atoms with van der Waals surface area (Å²) in [7, 11) is -3.83. The van der Waals surface area contributed by atoms with Crippen molar-refractivity contribution in [3.63, 3.8) is 0 Å². The van der Waals surface area contributed by atoms with E-state index < -0.39 is 33.3 Å². The van der Waals surface area contributed by atoms with E-state index in [1.807, 2.05) is 0 Å². The van der Waals surface area contributed by atoms with Gasteiger partial charge in [-0.1, -0.05) is 18.2 Å². The second-order valence-corrected chi connectivity index (χ2v) is 8.07. The number of thioether (sulfide) groups is 1. The number of benzene rings is 1. The molecule has 0 aliphatic carbocycles. The highest BCUT2D eigenvalue weighted by Gasteiger charge is 2.54. The summed E-state index contributed by atoms with van der Waals surface area (Å²) < 4.78 is 27.0. The summed E-state index contributed by atoms with van der Waals surface area (Å²) >= 11 is 1.35. The number of aliphatic carboxylic acids is 1. The highest BCUT2D eigenvalue weighted by Crippen LogP contribution is 2.40. The minimum Gasteiger partial charge on any atom is -0.477 e. The minimum atomic E-state index is -3.83. The fourth-order valence-electron chi connectivity index (χ4n) is 2.59. The highest BCUT2D eigenvalue weighted by molar-refractivity contribution is 8.00. The topological polar surface area (TPSA) is 104 Å². The number of carboxylic acid groups (broad SMARTS) is 1.